The molecule has 3 nitrogen and oxygen atoms in total. The fraction of sp³-hybridized carbons (Fsp3) is 0. The number of hydrogen-bond donors (Lipinski definition) is 0. The molecule has 0 aliphatic rings. The maximum absolute atomic E-state index is 4.61. The third-order valence-electron chi connectivity index (χ3n) is 4.08. The van der Waals surface area contributed by atoms with Gasteiger partial charge in [0.25, 0.3) is 0 Å². The largest absolute Gasteiger partial charge is 0.301 e. The first-order chi connectivity index (χ1) is 10.4. The van der Waals surface area contributed by atoms with E-state index < -0.39 is 0 Å². The topological polar surface area (TPSA) is 30.2 Å². The summed E-state index contributed by atoms with van der Waals surface area (Å²) in [6.45, 7) is 0. The van der Waals surface area contributed by atoms with Crippen LogP contribution in [0.4, 0.5) is 0 Å². The van der Waals surface area contributed by atoms with E-state index in [4.69, 9.17) is 0 Å². The number of benzene rings is 1. The average Bonchev–Trinajstić information content (AvgIpc) is 3.04. The van der Waals surface area contributed by atoms with E-state index in [0.29, 0.717) is 0 Å². The standard InChI is InChI=1S/C18H11N3/c1-2-7-15-12(5-1)17-13-6-3-9-19-18(13)21-10-4-8-16(21)14(17)11-20-15/h1-11H. The molecule has 21 heavy (non-hydrogen) atoms. The molecule has 4 aromatic heterocycles. The molecule has 0 saturated carbocycles. The van der Waals surface area contributed by atoms with E-state index >= 15 is 0 Å². The Morgan fingerprint density at radius 3 is 2.67 bits per heavy atom. The lowest BCUT2D eigenvalue weighted by Crippen LogP contribution is -1.93. The molecule has 0 unspecified atom stereocenters. The number of pyridine rings is 3. The molecule has 0 aliphatic heterocycles. The Bertz CT molecular complexity index is 1140. The Balaban J connectivity index is 2.25. The number of nitrogens with zero attached hydrogens (tertiary/aromatic N) is 3. The molecular formula is C18H11N3. The number of fused-ring (bicyclic) bond motifs is 8. The van der Waals surface area contributed by atoms with Gasteiger partial charge in [0.1, 0.15) is 5.65 Å². The monoisotopic (exact) mass is 269 g/mol. The molecule has 0 atom stereocenters. The molecule has 5 aromatic rings. The van der Waals surface area contributed by atoms with E-state index in [9.17, 15) is 0 Å². The third-order valence-corrected chi connectivity index (χ3v) is 4.08. The minimum Gasteiger partial charge on any atom is -0.301 e. The summed E-state index contributed by atoms with van der Waals surface area (Å²) in [5.41, 5.74) is 3.15. The van der Waals surface area contributed by atoms with Gasteiger partial charge in [-0.3, -0.25) is 4.98 Å². The van der Waals surface area contributed by atoms with E-state index in [1.54, 1.807) is 0 Å². The van der Waals surface area contributed by atoms with Gasteiger partial charge in [-0.15, -0.1) is 0 Å². The summed E-state index contributed by atoms with van der Waals surface area (Å²) in [5.74, 6) is 0. The minimum atomic E-state index is 0.987. The zero-order chi connectivity index (χ0) is 13.8. The van der Waals surface area contributed by atoms with Crippen LogP contribution in [0.5, 0.6) is 0 Å². The summed E-state index contributed by atoms with van der Waals surface area (Å²) in [6, 6.07) is 16.6. The molecule has 0 N–H and O–H groups in total. The second-order valence-electron chi connectivity index (χ2n) is 5.20. The molecule has 0 radical (unpaired) electrons. The highest BCUT2D eigenvalue weighted by molar-refractivity contribution is 6.21. The Morgan fingerprint density at radius 1 is 0.762 bits per heavy atom. The molecule has 1 aromatic carbocycles. The normalized spacial score (nSPS) is 11.8. The van der Waals surface area contributed by atoms with Crippen molar-refractivity contribution in [1.29, 1.82) is 0 Å². The highest BCUT2D eigenvalue weighted by Crippen LogP contribution is 2.33. The molecule has 3 heteroatoms. The van der Waals surface area contributed by atoms with Crippen LogP contribution in [0.1, 0.15) is 0 Å². The summed E-state index contributed by atoms with van der Waals surface area (Å²) in [5, 5.41) is 4.74. The van der Waals surface area contributed by atoms with E-state index in [1.807, 2.05) is 24.5 Å². The molecule has 0 spiro atoms. The average molecular weight is 269 g/mol. The van der Waals surface area contributed by atoms with Gasteiger partial charge in [-0.1, -0.05) is 18.2 Å². The molecule has 0 amide bonds. The van der Waals surface area contributed by atoms with Crippen LogP contribution in [0.3, 0.4) is 0 Å². The first kappa shape index (κ1) is 10.8. The first-order valence-electron chi connectivity index (χ1n) is 6.95. The van der Waals surface area contributed by atoms with Gasteiger partial charge in [0.05, 0.1) is 11.0 Å². The van der Waals surface area contributed by atoms with Crippen molar-refractivity contribution in [3.05, 3.63) is 67.1 Å². The van der Waals surface area contributed by atoms with Crippen molar-refractivity contribution in [1.82, 2.24) is 14.4 Å². The Morgan fingerprint density at radius 2 is 1.67 bits per heavy atom. The fourth-order valence-electron chi connectivity index (χ4n) is 3.19. The van der Waals surface area contributed by atoms with Crippen molar-refractivity contribution in [2.75, 3.05) is 0 Å². The molecule has 5 rings (SSSR count). The molecule has 0 fully saturated rings. The fourth-order valence-corrected chi connectivity index (χ4v) is 3.19. The molecular weight excluding hydrogens is 258 g/mol. The zero-order valence-electron chi connectivity index (χ0n) is 11.2. The second-order valence-corrected chi connectivity index (χ2v) is 5.20. The predicted octanol–water partition coefficient (Wildman–Crippen LogP) is 4.19. The number of aromatic nitrogens is 3. The van der Waals surface area contributed by atoms with Crippen molar-refractivity contribution in [2.24, 2.45) is 0 Å². The summed E-state index contributed by atoms with van der Waals surface area (Å²) in [4.78, 5) is 9.19. The summed E-state index contributed by atoms with van der Waals surface area (Å²) in [6.07, 6.45) is 5.87. The molecule has 0 bridgehead atoms. The quantitative estimate of drug-likeness (QED) is 0.395. The zero-order valence-corrected chi connectivity index (χ0v) is 11.2. The van der Waals surface area contributed by atoms with Crippen molar-refractivity contribution >= 4 is 38.2 Å². The first-order valence-corrected chi connectivity index (χ1v) is 6.95. The number of hydrogen-bond acceptors (Lipinski definition) is 2. The van der Waals surface area contributed by atoms with Gasteiger partial charge in [-0.25, -0.2) is 4.98 Å². The van der Waals surface area contributed by atoms with E-state index in [1.165, 1.54) is 16.2 Å². The highest BCUT2D eigenvalue weighted by Gasteiger charge is 2.11. The maximum Gasteiger partial charge on any atom is 0.145 e. The van der Waals surface area contributed by atoms with Gasteiger partial charge in [0.15, 0.2) is 0 Å². The van der Waals surface area contributed by atoms with Crippen molar-refractivity contribution in [3.63, 3.8) is 0 Å². The van der Waals surface area contributed by atoms with Gasteiger partial charge >= 0.3 is 0 Å². The summed E-state index contributed by atoms with van der Waals surface area (Å²) in [7, 11) is 0. The lowest BCUT2D eigenvalue weighted by atomic mass is 10.0. The lowest BCUT2D eigenvalue weighted by Gasteiger charge is -2.10. The predicted molar refractivity (Wildman–Crippen MR) is 85.5 cm³/mol. The van der Waals surface area contributed by atoms with Crippen LogP contribution >= 0.6 is 0 Å². The Hall–Kier alpha value is -2.94. The van der Waals surface area contributed by atoms with E-state index in [0.717, 1.165) is 22.1 Å². The molecule has 0 aliphatic carbocycles. The summed E-state index contributed by atoms with van der Waals surface area (Å²) < 4.78 is 2.13. The second kappa shape index (κ2) is 3.79. The van der Waals surface area contributed by atoms with Crippen LogP contribution in [0.15, 0.2) is 67.1 Å². The molecule has 4 heterocycles. The van der Waals surface area contributed by atoms with Crippen LogP contribution in [0.2, 0.25) is 0 Å². The van der Waals surface area contributed by atoms with Crippen LogP contribution < -0.4 is 0 Å². The van der Waals surface area contributed by atoms with Gasteiger partial charge in [-0.05, 0) is 30.3 Å². The molecule has 0 saturated heterocycles. The van der Waals surface area contributed by atoms with Crippen molar-refractivity contribution in [2.45, 2.75) is 0 Å². The Kier molecular flexibility index (Phi) is 1.95. The van der Waals surface area contributed by atoms with Gasteiger partial charge in [0.2, 0.25) is 0 Å². The summed E-state index contributed by atoms with van der Waals surface area (Å²) >= 11 is 0. The maximum atomic E-state index is 4.61. The number of rotatable bonds is 0. The van der Waals surface area contributed by atoms with Gasteiger partial charge in [-0.2, -0.15) is 0 Å². The van der Waals surface area contributed by atoms with Crippen molar-refractivity contribution < 1.29 is 0 Å². The third kappa shape index (κ3) is 1.32. The highest BCUT2D eigenvalue weighted by atomic mass is 15.0. The smallest absolute Gasteiger partial charge is 0.145 e. The lowest BCUT2D eigenvalue weighted by molar-refractivity contribution is 1.21. The minimum absolute atomic E-state index is 0.987. The van der Waals surface area contributed by atoms with Gasteiger partial charge in [0, 0.05) is 40.1 Å². The van der Waals surface area contributed by atoms with Crippen LogP contribution in [0.25, 0.3) is 38.2 Å². The SMILES string of the molecule is c1ccc2c(c1)ncc1c2c2cccnc2n2cccc12. The van der Waals surface area contributed by atoms with Crippen molar-refractivity contribution in [3.8, 4) is 0 Å². The molecule has 98 valence electrons. The number of para-hydroxylation sites is 1. The van der Waals surface area contributed by atoms with E-state index in [-0.39, 0.29) is 0 Å². The van der Waals surface area contributed by atoms with Gasteiger partial charge < -0.3 is 4.40 Å². The van der Waals surface area contributed by atoms with Crippen LogP contribution in [-0.2, 0) is 0 Å². The Labute approximate surface area is 120 Å². The van der Waals surface area contributed by atoms with Crippen LogP contribution in [-0.4, -0.2) is 14.4 Å². The van der Waals surface area contributed by atoms with Crippen LogP contribution in [0, 0.1) is 0 Å². The van der Waals surface area contributed by atoms with E-state index in [2.05, 4.69) is 57.0 Å².